The molecule has 4 aromatic rings. The van der Waals surface area contributed by atoms with Crippen molar-refractivity contribution in [3.05, 3.63) is 149 Å². The Morgan fingerprint density at radius 1 is 0.607 bits per heavy atom. The first kappa shape index (κ1) is 43.5. The number of aliphatic hydroxyl groups is 1. The monoisotopic (exact) mass is 896 g/mol. The summed E-state index contributed by atoms with van der Waals surface area (Å²) in [6, 6.07) is 6.57. The highest BCUT2D eigenvalue weighted by Crippen LogP contribution is 2.53. The summed E-state index contributed by atoms with van der Waals surface area (Å²) in [7, 11) is -5.31. The fourth-order valence-corrected chi connectivity index (χ4v) is 6.77. The van der Waals surface area contributed by atoms with E-state index < -0.39 is 159 Å². The maximum atomic E-state index is 14.8. The second-order valence-electron chi connectivity index (χ2n) is 11.3. The van der Waals surface area contributed by atoms with E-state index in [1.165, 1.54) is 0 Å². The molecule has 0 bridgehead atoms. The number of rotatable bonds is 16. The average molecular weight is 898 g/mol. The predicted octanol–water partition coefficient (Wildman–Crippen LogP) is 10.2. The Hall–Kier alpha value is -3.64. The van der Waals surface area contributed by atoms with E-state index in [1.54, 1.807) is 0 Å². The van der Waals surface area contributed by atoms with Gasteiger partial charge in [0.15, 0.2) is 23.5 Å². The molecule has 0 unspecified atom stereocenters. The zero-order valence-electron chi connectivity index (χ0n) is 27.5. The summed E-state index contributed by atoms with van der Waals surface area (Å²) in [5, 5.41) is 6.61. The number of benzene rings is 4. The van der Waals surface area contributed by atoms with Crippen molar-refractivity contribution in [1.82, 2.24) is 0 Å². The molecule has 0 amide bonds. The van der Waals surface area contributed by atoms with Gasteiger partial charge in [-0.2, -0.15) is 0 Å². The molecule has 0 saturated carbocycles. The van der Waals surface area contributed by atoms with Crippen LogP contribution in [0.15, 0.2) is 60.0 Å². The van der Waals surface area contributed by atoms with Gasteiger partial charge in [-0.3, -0.25) is 13.6 Å². The molecule has 1 N–H and O–H groups in total. The molecular formula is C34H21Cl4F8O9P. The number of esters is 1. The minimum absolute atomic E-state index is 0.390. The molecule has 9 nitrogen and oxygen atoms in total. The molecule has 5 rings (SSSR count). The highest BCUT2D eigenvalue weighted by molar-refractivity contribution is 7.48. The number of ether oxygens (including phenoxy) is 3. The molecule has 2 atom stereocenters. The van der Waals surface area contributed by atoms with Gasteiger partial charge in [0.2, 0.25) is 5.76 Å². The van der Waals surface area contributed by atoms with Crippen LogP contribution in [0.2, 0.25) is 20.1 Å². The van der Waals surface area contributed by atoms with Crippen molar-refractivity contribution in [1.29, 1.82) is 0 Å². The fraction of sp³-hybridized carbons (Fsp3) is 0.206. The summed E-state index contributed by atoms with van der Waals surface area (Å²) in [6.07, 6.45) is -4.12. The van der Waals surface area contributed by atoms with Gasteiger partial charge in [0.25, 0.3) is 0 Å². The van der Waals surface area contributed by atoms with Crippen molar-refractivity contribution in [2.75, 3.05) is 6.61 Å². The van der Waals surface area contributed by atoms with Gasteiger partial charge in [0, 0.05) is 22.3 Å². The fourth-order valence-electron chi connectivity index (χ4n) is 4.73. The van der Waals surface area contributed by atoms with E-state index in [0.717, 1.165) is 48.5 Å². The topological polar surface area (TPSA) is 110 Å². The molecule has 300 valence electrons. The number of hydrogen-bond acceptors (Lipinski definition) is 9. The first-order valence-corrected chi connectivity index (χ1v) is 18.3. The molecule has 22 heteroatoms. The molecule has 0 fully saturated rings. The summed E-state index contributed by atoms with van der Waals surface area (Å²) >= 11 is 22.5. The number of cyclic esters (lactones) is 1. The lowest BCUT2D eigenvalue weighted by atomic mass is 10.1. The lowest BCUT2D eigenvalue weighted by Crippen LogP contribution is -2.35. The number of carbonyl (C=O) groups excluding carboxylic acids is 1. The molecule has 0 spiro atoms. The molecular weight excluding hydrogens is 877 g/mol. The van der Waals surface area contributed by atoms with Crippen molar-refractivity contribution >= 4 is 60.2 Å². The third kappa shape index (κ3) is 9.55. The molecule has 0 saturated heterocycles. The summed E-state index contributed by atoms with van der Waals surface area (Å²) in [6.45, 7) is -5.08. The smallest absolute Gasteiger partial charge is 0.475 e. The predicted molar refractivity (Wildman–Crippen MR) is 181 cm³/mol. The van der Waals surface area contributed by atoms with E-state index >= 15 is 0 Å². The van der Waals surface area contributed by atoms with Crippen molar-refractivity contribution in [3.8, 4) is 0 Å². The first-order valence-electron chi connectivity index (χ1n) is 15.3. The zero-order valence-corrected chi connectivity index (χ0v) is 31.4. The lowest BCUT2D eigenvalue weighted by molar-refractivity contribution is -0.148. The van der Waals surface area contributed by atoms with Gasteiger partial charge >= 0.3 is 13.8 Å². The van der Waals surface area contributed by atoms with Crippen LogP contribution in [-0.2, 0) is 63.6 Å². The molecule has 1 aliphatic heterocycles. The summed E-state index contributed by atoms with van der Waals surface area (Å²) in [5.74, 6) is -12.9. The molecule has 0 aliphatic carbocycles. The highest BCUT2D eigenvalue weighted by Gasteiger charge is 2.47. The third-order valence-corrected chi connectivity index (χ3v) is 10.5. The minimum atomic E-state index is -5.31. The van der Waals surface area contributed by atoms with Gasteiger partial charge in [0.1, 0.15) is 74.3 Å². The number of hydrogen-bond donors (Lipinski definition) is 1. The number of carbonyl (C=O) groups is 1. The number of phosphoric acid groups is 1. The SMILES string of the molecule is O=C1O[C@H]([C@H](CO)OP(=O)(OCc2ccc(F)c(Cl)c2F)OCc2ccc(F)c(Cl)c2F)C(OCc2ccc(F)c(Cl)c2F)=C1OCc1ccc(F)c(Cl)c1F. The van der Waals surface area contributed by atoms with E-state index in [9.17, 15) is 49.6 Å². The Kier molecular flexibility index (Phi) is 14.2. The minimum Gasteiger partial charge on any atom is -0.485 e. The summed E-state index contributed by atoms with van der Waals surface area (Å²) < 4.78 is 160. The Balaban J connectivity index is 1.50. The second kappa shape index (κ2) is 18.3. The molecule has 56 heavy (non-hydrogen) atoms. The van der Waals surface area contributed by atoms with Gasteiger partial charge in [-0.15, -0.1) is 0 Å². The van der Waals surface area contributed by atoms with Gasteiger partial charge in [-0.25, -0.2) is 44.5 Å². The quantitative estimate of drug-likeness (QED) is 0.0509. The number of aliphatic hydroxyl groups excluding tert-OH is 1. The Morgan fingerprint density at radius 3 is 1.34 bits per heavy atom. The molecule has 1 aliphatic rings. The Labute approximate surface area is 330 Å². The molecule has 1 heterocycles. The van der Waals surface area contributed by atoms with Crippen LogP contribution in [0.1, 0.15) is 22.3 Å². The Morgan fingerprint density at radius 2 is 0.964 bits per heavy atom. The van der Waals surface area contributed by atoms with Crippen LogP contribution in [0.3, 0.4) is 0 Å². The van der Waals surface area contributed by atoms with E-state index in [1.807, 2.05) is 0 Å². The van der Waals surface area contributed by atoms with Crippen LogP contribution >= 0.6 is 54.2 Å². The van der Waals surface area contributed by atoms with Crippen molar-refractivity contribution in [2.45, 2.75) is 38.6 Å². The van der Waals surface area contributed by atoms with Crippen LogP contribution in [0.5, 0.6) is 0 Å². The van der Waals surface area contributed by atoms with Gasteiger partial charge < -0.3 is 19.3 Å². The third-order valence-electron chi connectivity index (χ3n) is 7.66. The summed E-state index contributed by atoms with van der Waals surface area (Å²) in [5.41, 5.74) is -1.82. The number of halogens is 12. The van der Waals surface area contributed by atoms with E-state index in [-0.39, 0.29) is 0 Å². The lowest BCUT2D eigenvalue weighted by Gasteiger charge is -2.27. The van der Waals surface area contributed by atoms with Crippen molar-refractivity contribution < 1.29 is 77.4 Å². The zero-order chi connectivity index (χ0) is 41.1. The van der Waals surface area contributed by atoms with Crippen molar-refractivity contribution in [2.24, 2.45) is 0 Å². The highest BCUT2D eigenvalue weighted by atomic mass is 35.5. The maximum Gasteiger partial charge on any atom is 0.475 e. The second-order valence-corrected chi connectivity index (χ2v) is 14.4. The molecule has 4 aromatic carbocycles. The van der Waals surface area contributed by atoms with Crippen LogP contribution < -0.4 is 0 Å². The standard InChI is InChI=1S/C34H21Cl4F8O9P/c35-23-18(39)5-1-14(27(23)43)10-50-32-31(54-34(48)33(32)51-11-15-2-6-19(40)24(36)28(15)44)22(9-47)55-56(49,52-12-16-3-7-20(41)25(37)29(16)45)53-13-17-4-8-21(42)26(38)30(17)46/h1-8,22,31,47H,9-13H2/t22-,31+/m0/s1. The van der Waals surface area contributed by atoms with Gasteiger partial charge in [-0.05, 0) is 36.4 Å². The van der Waals surface area contributed by atoms with Crippen molar-refractivity contribution in [3.63, 3.8) is 0 Å². The summed E-state index contributed by atoms with van der Waals surface area (Å²) in [4.78, 5) is 13.2. The normalized spacial score (nSPS) is 15.0. The number of phosphoric ester groups is 1. The van der Waals surface area contributed by atoms with Gasteiger partial charge in [-0.1, -0.05) is 58.5 Å². The molecule has 0 radical (unpaired) electrons. The average Bonchev–Trinajstić information content (AvgIpc) is 3.49. The van der Waals surface area contributed by atoms with E-state index in [0.29, 0.717) is 0 Å². The van der Waals surface area contributed by atoms with Crippen LogP contribution in [-0.4, -0.2) is 29.9 Å². The van der Waals surface area contributed by atoms with E-state index in [2.05, 4.69) is 0 Å². The van der Waals surface area contributed by atoms with Gasteiger partial charge in [0.05, 0.1) is 19.8 Å². The Bertz CT molecular complexity index is 2190. The van der Waals surface area contributed by atoms with Crippen LogP contribution in [0, 0.1) is 46.5 Å². The van der Waals surface area contributed by atoms with E-state index in [4.69, 9.17) is 74.2 Å². The molecule has 0 aromatic heterocycles. The largest absolute Gasteiger partial charge is 0.485 e. The van der Waals surface area contributed by atoms with Crippen LogP contribution in [0.25, 0.3) is 0 Å². The maximum absolute atomic E-state index is 14.8. The first-order chi connectivity index (χ1) is 26.5. The van der Waals surface area contributed by atoms with Crippen LogP contribution in [0.4, 0.5) is 35.1 Å².